The number of aldehydes is 1. The Hall–Kier alpha value is -1.09. The fraction of sp³-hybridized carbons (Fsp3) is 0.417. The van der Waals surface area contributed by atoms with Gasteiger partial charge in [0, 0.05) is 0 Å². The average molecular weight is 222 g/mol. The topological polar surface area (TPSA) is 26.3 Å². The van der Waals surface area contributed by atoms with Crippen LogP contribution in [0.4, 0.5) is 0 Å². The zero-order chi connectivity index (χ0) is 11.5. The summed E-state index contributed by atoms with van der Waals surface area (Å²) >= 11 is 0. The smallest absolute Gasteiger partial charge is 0.242 e. The Morgan fingerprint density at radius 3 is 2.47 bits per heavy atom. The summed E-state index contributed by atoms with van der Waals surface area (Å²) in [7, 11) is -1.65. The SMILES string of the molecule is CCc1cccc(C=O)c1O[Si](C)(C)C. The molecular formula is C12H18O2Si. The fourth-order valence-corrected chi connectivity index (χ4v) is 2.27. The molecule has 3 heteroatoms. The second-order valence-corrected chi connectivity index (χ2v) is 8.95. The first-order valence-corrected chi connectivity index (χ1v) is 8.65. The van der Waals surface area contributed by atoms with Crippen molar-refractivity contribution in [1.82, 2.24) is 0 Å². The molecule has 0 fully saturated rings. The minimum absolute atomic E-state index is 0.664. The Balaban J connectivity index is 3.16. The van der Waals surface area contributed by atoms with Crippen molar-refractivity contribution >= 4 is 14.6 Å². The lowest BCUT2D eigenvalue weighted by molar-refractivity contribution is 0.112. The Morgan fingerprint density at radius 1 is 1.33 bits per heavy atom. The molecule has 82 valence electrons. The van der Waals surface area contributed by atoms with Gasteiger partial charge in [-0.25, -0.2) is 0 Å². The van der Waals surface area contributed by atoms with E-state index < -0.39 is 8.32 Å². The molecule has 0 atom stereocenters. The second kappa shape index (κ2) is 4.62. The first-order chi connectivity index (χ1) is 6.98. The lowest BCUT2D eigenvalue weighted by Crippen LogP contribution is -2.30. The Bertz CT molecular complexity index is 353. The van der Waals surface area contributed by atoms with E-state index in [1.54, 1.807) is 0 Å². The molecule has 0 aromatic heterocycles. The molecule has 0 radical (unpaired) electrons. The maximum absolute atomic E-state index is 10.9. The predicted molar refractivity (Wildman–Crippen MR) is 65.2 cm³/mol. The van der Waals surface area contributed by atoms with E-state index in [0.717, 1.165) is 24.0 Å². The lowest BCUT2D eigenvalue weighted by atomic mass is 10.1. The largest absolute Gasteiger partial charge is 0.544 e. The summed E-state index contributed by atoms with van der Waals surface area (Å²) < 4.78 is 5.95. The van der Waals surface area contributed by atoms with E-state index in [9.17, 15) is 4.79 Å². The quantitative estimate of drug-likeness (QED) is 0.577. The van der Waals surface area contributed by atoms with Gasteiger partial charge < -0.3 is 4.43 Å². The molecule has 0 aliphatic heterocycles. The highest BCUT2D eigenvalue weighted by atomic mass is 28.4. The highest BCUT2D eigenvalue weighted by Gasteiger charge is 2.19. The minimum Gasteiger partial charge on any atom is -0.544 e. The van der Waals surface area contributed by atoms with E-state index in [1.165, 1.54) is 0 Å². The molecule has 0 heterocycles. The molecule has 0 amide bonds. The normalized spacial score (nSPS) is 11.2. The Morgan fingerprint density at radius 2 is 2.00 bits per heavy atom. The molecule has 0 aliphatic rings. The molecule has 0 spiro atoms. The van der Waals surface area contributed by atoms with Crippen LogP contribution in [0.3, 0.4) is 0 Å². The Labute approximate surface area is 92.4 Å². The molecule has 15 heavy (non-hydrogen) atoms. The number of benzene rings is 1. The van der Waals surface area contributed by atoms with E-state index in [2.05, 4.69) is 26.6 Å². The third kappa shape index (κ3) is 3.20. The molecule has 1 rings (SSSR count). The maximum Gasteiger partial charge on any atom is 0.242 e. The van der Waals surface area contributed by atoms with Crippen LogP contribution in [0.15, 0.2) is 18.2 Å². The predicted octanol–water partition coefficient (Wildman–Crippen LogP) is 3.28. The van der Waals surface area contributed by atoms with Gasteiger partial charge in [-0.3, -0.25) is 4.79 Å². The summed E-state index contributed by atoms with van der Waals surface area (Å²) in [4.78, 5) is 10.9. The summed E-state index contributed by atoms with van der Waals surface area (Å²) in [6.07, 6.45) is 1.76. The van der Waals surface area contributed by atoms with Crippen molar-refractivity contribution in [3.05, 3.63) is 29.3 Å². The van der Waals surface area contributed by atoms with E-state index in [1.807, 2.05) is 18.2 Å². The fourth-order valence-electron chi connectivity index (χ4n) is 1.41. The monoisotopic (exact) mass is 222 g/mol. The number of rotatable bonds is 4. The summed E-state index contributed by atoms with van der Waals surface area (Å²) in [5, 5.41) is 0. The third-order valence-corrected chi connectivity index (χ3v) is 2.86. The Kier molecular flexibility index (Phi) is 3.69. The standard InChI is InChI=1S/C12H18O2Si/c1-5-10-7-6-8-11(9-13)12(10)14-15(2,3)4/h6-9H,5H2,1-4H3. The summed E-state index contributed by atoms with van der Waals surface area (Å²) in [5.41, 5.74) is 1.78. The number of para-hydroxylation sites is 1. The zero-order valence-electron chi connectivity index (χ0n) is 9.83. The summed E-state index contributed by atoms with van der Waals surface area (Å²) in [6.45, 7) is 8.43. The first-order valence-electron chi connectivity index (χ1n) is 5.24. The van der Waals surface area contributed by atoms with Gasteiger partial charge in [-0.2, -0.15) is 0 Å². The van der Waals surface area contributed by atoms with Crippen molar-refractivity contribution in [3.63, 3.8) is 0 Å². The van der Waals surface area contributed by atoms with Crippen LogP contribution in [0.1, 0.15) is 22.8 Å². The zero-order valence-corrected chi connectivity index (χ0v) is 10.8. The van der Waals surface area contributed by atoms with Gasteiger partial charge in [-0.15, -0.1) is 0 Å². The lowest BCUT2D eigenvalue weighted by Gasteiger charge is -2.22. The van der Waals surface area contributed by atoms with E-state index in [-0.39, 0.29) is 0 Å². The third-order valence-electron chi connectivity index (χ3n) is 2.04. The highest BCUT2D eigenvalue weighted by molar-refractivity contribution is 6.70. The molecule has 0 aliphatic carbocycles. The van der Waals surface area contributed by atoms with Gasteiger partial charge in [-0.1, -0.05) is 19.1 Å². The van der Waals surface area contributed by atoms with Crippen molar-refractivity contribution in [2.45, 2.75) is 33.0 Å². The minimum atomic E-state index is -1.65. The van der Waals surface area contributed by atoms with Crippen molar-refractivity contribution in [3.8, 4) is 5.75 Å². The maximum atomic E-state index is 10.9. The van der Waals surface area contributed by atoms with Crippen LogP contribution in [0.25, 0.3) is 0 Å². The van der Waals surface area contributed by atoms with Crippen molar-refractivity contribution in [2.75, 3.05) is 0 Å². The van der Waals surface area contributed by atoms with Gasteiger partial charge >= 0.3 is 0 Å². The number of hydrogen-bond acceptors (Lipinski definition) is 2. The average Bonchev–Trinajstić information content (AvgIpc) is 2.16. The van der Waals surface area contributed by atoms with E-state index in [0.29, 0.717) is 5.56 Å². The molecule has 0 saturated carbocycles. The molecule has 0 bridgehead atoms. The summed E-state index contributed by atoms with van der Waals surface area (Å²) in [6, 6.07) is 5.73. The van der Waals surface area contributed by atoms with Gasteiger partial charge in [0.2, 0.25) is 8.32 Å². The van der Waals surface area contributed by atoms with Gasteiger partial charge in [-0.05, 0) is 37.7 Å². The van der Waals surface area contributed by atoms with Gasteiger partial charge in [0.25, 0.3) is 0 Å². The molecular weight excluding hydrogens is 204 g/mol. The van der Waals surface area contributed by atoms with Crippen LogP contribution in [-0.4, -0.2) is 14.6 Å². The van der Waals surface area contributed by atoms with Crippen LogP contribution in [0, 0.1) is 0 Å². The molecule has 1 aromatic carbocycles. The molecule has 1 aromatic rings. The van der Waals surface area contributed by atoms with Crippen LogP contribution < -0.4 is 4.43 Å². The number of carbonyl (C=O) groups excluding carboxylic acids is 1. The van der Waals surface area contributed by atoms with Crippen LogP contribution in [-0.2, 0) is 6.42 Å². The van der Waals surface area contributed by atoms with Crippen LogP contribution >= 0.6 is 0 Å². The molecule has 0 N–H and O–H groups in total. The number of hydrogen-bond donors (Lipinski definition) is 0. The number of carbonyl (C=O) groups is 1. The molecule has 2 nitrogen and oxygen atoms in total. The van der Waals surface area contributed by atoms with Gasteiger partial charge in [0.1, 0.15) is 5.75 Å². The van der Waals surface area contributed by atoms with Crippen LogP contribution in [0.5, 0.6) is 5.75 Å². The second-order valence-electron chi connectivity index (χ2n) is 4.52. The van der Waals surface area contributed by atoms with Gasteiger partial charge in [0.15, 0.2) is 6.29 Å². The highest BCUT2D eigenvalue weighted by Crippen LogP contribution is 2.26. The van der Waals surface area contributed by atoms with Crippen LogP contribution in [0.2, 0.25) is 19.6 Å². The molecule has 0 unspecified atom stereocenters. The summed E-state index contributed by atoms with van der Waals surface area (Å²) in [5.74, 6) is 0.786. The van der Waals surface area contributed by atoms with Crippen molar-refractivity contribution in [1.29, 1.82) is 0 Å². The van der Waals surface area contributed by atoms with Crippen molar-refractivity contribution < 1.29 is 9.22 Å². The number of aryl methyl sites for hydroxylation is 1. The van der Waals surface area contributed by atoms with E-state index in [4.69, 9.17) is 4.43 Å². The van der Waals surface area contributed by atoms with Crippen molar-refractivity contribution in [2.24, 2.45) is 0 Å². The van der Waals surface area contributed by atoms with E-state index >= 15 is 0 Å². The first kappa shape index (κ1) is 12.0. The van der Waals surface area contributed by atoms with Gasteiger partial charge in [0.05, 0.1) is 5.56 Å². The molecule has 0 saturated heterocycles.